The molecule has 3 fully saturated rings. The van der Waals surface area contributed by atoms with Crippen molar-refractivity contribution >= 4 is 17.8 Å². The predicted octanol–water partition coefficient (Wildman–Crippen LogP) is -6.78. The summed E-state index contributed by atoms with van der Waals surface area (Å²) < 4.78 is 44.0. The van der Waals surface area contributed by atoms with Gasteiger partial charge in [-0.25, -0.2) is 4.79 Å². The molecule has 0 aromatic carbocycles. The number of primary amides is 1. The monoisotopic (exact) mass is 926 g/mol. The van der Waals surface area contributed by atoms with Gasteiger partial charge in [0, 0.05) is 19.4 Å². The third-order valence-electron chi connectivity index (χ3n) is 9.68. The maximum Gasteiger partial charge on any atom is 0.335 e. The predicted molar refractivity (Wildman–Crippen MR) is 208 cm³/mol. The molecule has 63 heavy (non-hydrogen) atoms. The SMILES string of the molecule is CC.CC.CC(OC1OC(CO)C(OC2OC(C(=O)O)C(O)C(O)C2O)C(O)C1O)C(CO)OC(OC1C(CO)OC(OCCNC(=O)CCCCC(N)=O)C(O)C1O)C(O)CO. The van der Waals surface area contributed by atoms with E-state index in [4.69, 9.17) is 43.6 Å². The smallest absolute Gasteiger partial charge is 0.335 e. The van der Waals surface area contributed by atoms with Crippen LogP contribution in [0.5, 0.6) is 0 Å². The Morgan fingerprint density at radius 2 is 1.22 bits per heavy atom. The molecule has 19 atom stereocenters. The minimum atomic E-state index is -2.07. The van der Waals surface area contributed by atoms with Crippen LogP contribution in [0.1, 0.15) is 60.3 Å². The van der Waals surface area contributed by atoms with Crippen molar-refractivity contribution in [2.45, 2.75) is 177 Å². The highest BCUT2D eigenvalue weighted by molar-refractivity contribution is 5.76. The molecule has 0 spiro atoms. The number of nitrogens with one attached hydrogen (secondary N) is 1. The number of hydrogen-bond donors (Lipinski definition) is 15. The van der Waals surface area contributed by atoms with Gasteiger partial charge in [0.1, 0.15) is 79.4 Å². The number of carboxylic acids is 1. The lowest BCUT2D eigenvalue weighted by Gasteiger charge is -2.46. The third kappa shape index (κ3) is 17.1. The second-order valence-electron chi connectivity index (χ2n) is 14.1. The van der Waals surface area contributed by atoms with Crippen LogP contribution in [0.15, 0.2) is 0 Å². The zero-order valence-corrected chi connectivity index (χ0v) is 35.9. The Morgan fingerprint density at radius 1 is 0.683 bits per heavy atom. The lowest BCUT2D eigenvalue weighted by Crippen LogP contribution is -2.65. The molecular weight excluding hydrogens is 856 g/mol. The van der Waals surface area contributed by atoms with Crippen LogP contribution in [0.2, 0.25) is 0 Å². The van der Waals surface area contributed by atoms with Crippen LogP contribution < -0.4 is 11.1 Å². The molecule has 2 amide bonds. The summed E-state index contributed by atoms with van der Waals surface area (Å²) in [5.41, 5.74) is 5.06. The second-order valence-corrected chi connectivity index (χ2v) is 14.1. The summed E-state index contributed by atoms with van der Waals surface area (Å²) in [6, 6.07) is 0. The summed E-state index contributed by atoms with van der Waals surface area (Å²) in [4.78, 5) is 34.3. The van der Waals surface area contributed by atoms with Crippen molar-refractivity contribution in [3.8, 4) is 0 Å². The Bertz CT molecular complexity index is 1290. The minimum absolute atomic E-state index is 0.0370. The third-order valence-corrected chi connectivity index (χ3v) is 9.68. The average molecular weight is 927 g/mol. The molecule has 26 heteroatoms. The lowest BCUT2D eigenvalue weighted by atomic mass is 9.97. The van der Waals surface area contributed by atoms with E-state index in [1.54, 1.807) is 0 Å². The first-order valence-electron chi connectivity index (χ1n) is 20.8. The second kappa shape index (κ2) is 30.0. The van der Waals surface area contributed by atoms with Gasteiger partial charge in [0.15, 0.2) is 31.3 Å². The highest BCUT2D eigenvalue weighted by Gasteiger charge is 2.53. The number of aliphatic hydroxyl groups excluding tert-OH is 12. The minimum Gasteiger partial charge on any atom is -0.479 e. The van der Waals surface area contributed by atoms with E-state index < -0.39 is 155 Å². The van der Waals surface area contributed by atoms with Crippen LogP contribution in [0.25, 0.3) is 0 Å². The number of hydrogen-bond acceptors (Lipinski definition) is 23. The highest BCUT2D eigenvalue weighted by atomic mass is 16.8. The van der Waals surface area contributed by atoms with Crippen molar-refractivity contribution in [1.82, 2.24) is 5.32 Å². The van der Waals surface area contributed by atoms with E-state index in [0.717, 1.165) is 0 Å². The van der Waals surface area contributed by atoms with Gasteiger partial charge in [-0.3, -0.25) is 9.59 Å². The first kappa shape index (κ1) is 58.6. The van der Waals surface area contributed by atoms with Gasteiger partial charge < -0.3 is 115 Å². The Labute approximate surface area is 363 Å². The fraction of sp³-hybridized carbons (Fsp3) is 0.919. The van der Waals surface area contributed by atoms with E-state index >= 15 is 0 Å². The molecular formula is C37H70N2O24. The van der Waals surface area contributed by atoms with Gasteiger partial charge in [0.2, 0.25) is 11.8 Å². The quantitative estimate of drug-likeness (QED) is 0.0316. The van der Waals surface area contributed by atoms with Gasteiger partial charge >= 0.3 is 5.97 Å². The molecule has 19 unspecified atom stereocenters. The number of nitrogens with two attached hydrogens (primary N) is 1. The maximum absolute atomic E-state index is 12.0. The molecule has 0 bridgehead atoms. The van der Waals surface area contributed by atoms with Crippen LogP contribution in [0, 0.1) is 0 Å². The molecule has 3 heterocycles. The van der Waals surface area contributed by atoms with E-state index in [2.05, 4.69) is 5.32 Å². The van der Waals surface area contributed by atoms with Crippen molar-refractivity contribution in [3.05, 3.63) is 0 Å². The lowest BCUT2D eigenvalue weighted by molar-refractivity contribution is -0.366. The number of carboxylic acid groups (broad SMARTS) is 1. The molecule has 0 aromatic rings. The van der Waals surface area contributed by atoms with Gasteiger partial charge in [-0.2, -0.15) is 0 Å². The van der Waals surface area contributed by atoms with Crippen LogP contribution in [-0.4, -0.2) is 240 Å². The number of amides is 2. The first-order valence-corrected chi connectivity index (χ1v) is 20.8. The van der Waals surface area contributed by atoms with E-state index in [0.29, 0.717) is 12.8 Å². The molecule has 3 saturated heterocycles. The first-order chi connectivity index (χ1) is 29.9. The van der Waals surface area contributed by atoms with Gasteiger partial charge in [-0.1, -0.05) is 27.7 Å². The number of carbonyl (C=O) groups excluding carboxylic acids is 2. The van der Waals surface area contributed by atoms with Crippen LogP contribution in [0.4, 0.5) is 0 Å². The molecule has 0 aliphatic carbocycles. The van der Waals surface area contributed by atoms with Gasteiger partial charge in [0.05, 0.1) is 39.1 Å². The fourth-order valence-corrected chi connectivity index (χ4v) is 6.28. The van der Waals surface area contributed by atoms with Gasteiger partial charge in [-0.05, 0) is 19.8 Å². The Morgan fingerprint density at radius 3 is 1.78 bits per heavy atom. The number of unbranched alkanes of at least 4 members (excludes halogenated alkanes) is 1. The Hall–Kier alpha value is -2.39. The summed E-state index contributed by atoms with van der Waals surface area (Å²) in [7, 11) is 0. The van der Waals surface area contributed by atoms with Crippen molar-refractivity contribution < 1.29 is 119 Å². The van der Waals surface area contributed by atoms with Crippen molar-refractivity contribution in [1.29, 1.82) is 0 Å². The van der Waals surface area contributed by atoms with Crippen LogP contribution in [-0.2, 0) is 52.3 Å². The van der Waals surface area contributed by atoms with Crippen molar-refractivity contribution in [3.63, 3.8) is 0 Å². The molecule has 0 radical (unpaired) electrons. The van der Waals surface area contributed by atoms with Crippen molar-refractivity contribution in [2.24, 2.45) is 5.73 Å². The fourth-order valence-electron chi connectivity index (χ4n) is 6.28. The van der Waals surface area contributed by atoms with Gasteiger partial charge in [0.25, 0.3) is 0 Å². The summed E-state index contributed by atoms with van der Waals surface area (Å²) >= 11 is 0. The summed E-state index contributed by atoms with van der Waals surface area (Å²) in [6.07, 6.45) is -33.5. The number of rotatable bonds is 24. The number of aliphatic carboxylic acids is 1. The number of aliphatic hydroxyl groups is 12. The van der Waals surface area contributed by atoms with E-state index in [9.17, 15) is 80.8 Å². The standard InChI is InChI=1S/C33H58N2O24.2C2H6/c1-12(53-32-25(49)22(46)27(16(11-39)56-32)58-33-23(47)19(43)20(44)28(59-33)29(50)51)14(9-37)54-30(13(40)8-36)57-26-15(10-38)55-31(24(48)21(26)45)52-7-6-35-18(42)5-3-2-4-17(34)41;2*1-2/h12-16,19-28,30-33,36-40,43-49H,2-11H2,1H3,(H2,34,41)(H,35,42)(H,50,51);2*1-2H3. The summed E-state index contributed by atoms with van der Waals surface area (Å²) in [6.45, 7) is 5.31. The molecule has 372 valence electrons. The van der Waals surface area contributed by atoms with E-state index in [-0.39, 0.29) is 31.9 Å². The number of carbonyl (C=O) groups is 3. The van der Waals surface area contributed by atoms with Crippen LogP contribution in [0.3, 0.4) is 0 Å². The normalized spacial score (nSPS) is 35.1. The molecule has 3 aliphatic heterocycles. The van der Waals surface area contributed by atoms with E-state index in [1.165, 1.54) is 6.92 Å². The van der Waals surface area contributed by atoms with E-state index in [1.807, 2.05) is 27.7 Å². The molecule has 0 saturated carbocycles. The topological polar surface area (TPSA) is 426 Å². The highest BCUT2D eigenvalue weighted by Crippen LogP contribution is 2.31. The Kier molecular flexibility index (Phi) is 27.9. The molecule has 16 N–H and O–H groups in total. The average Bonchev–Trinajstić information content (AvgIpc) is 3.27. The molecule has 3 rings (SSSR count). The summed E-state index contributed by atoms with van der Waals surface area (Å²) in [5, 5.41) is 136. The molecule has 0 aromatic heterocycles. The van der Waals surface area contributed by atoms with Gasteiger partial charge in [-0.15, -0.1) is 0 Å². The largest absolute Gasteiger partial charge is 0.479 e. The zero-order valence-electron chi connectivity index (χ0n) is 35.9. The van der Waals surface area contributed by atoms with Crippen LogP contribution >= 0.6 is 0 Å². The Balaban J connectivity index is 0.00000481. The maximum atomic E-state index is 12.0. The molecule has 26 nitrogen and oxygen atoms in total. The molecule has 3 aliphatic rings. The number of ether oxygens (including phenoxy) is 8. The van der Waals surface area contributed by atoms with Crippen molar-refractivity contribution in [2.75, 3.05) is 39.6 Å². The zero-order chi connectivity index (χ0) is 48.1. The summed E-state index contributed by atoms with van der Waals surface area (Å²) in [5.74, 6) is -2.56.